The minimum Gasteiger partial charge on any atom is -0.496 e. The van der Waals surface area contributed by atoms with Crippen LogP contribution >= 0.6 is 0 Å². The van der Waals surface area contributed by atoms with Gasteiger partial charge in [-0.2, -0.15) is 0 Å². The Morgan fingerprint density at radius 2 is 1.38 bits per heavy atom. The first-order valence-electron chi connectivity index (χ1n) is 13.4. The van der Waals surface area contributed by atoms with Crippen molar-refractivity contribution in [2.45, 2.75) is 51.6 Å². The lowest BCUT2D eigenvalue weighted by Gasteiger charge is -2.44. The Bertz CT molecular complexity index is 1370. The molecule has 7 nitrogen and oxygen atoms in total. The number of aryl methyl sites for hydroxylation is 2. The van der Waals surface area contributed by atoms with Gasteiger partial charge in [-0.05, 0) is 54.7 Å². The fraction of sp³-hybridized carbons (Fsp3) is 0.344. The third-order valence-corrected chi connectivity index (χ3v) is 7.64. The van der Waals surface area contributed by atoms with E-state index >= 15 is 0 Å². The molecule has 0 spiro atoms. The largest absolute Gasteiger partial charge is 0.496 e. The molecule has 1 aliphatic rings. The molecule has 0 bridgehead atoms. The third kappa shape index (κ3) is 5.73. The lowest BCUT2D eigenvalue weighted by atomic mass is 9.61. The molecule has 0 aliphatic heterocycles. The van der Waals surface area contributed by atoms with Gasteiger partial charge in [0.05, 0.1) is 18.6 Å². The monoisotopic (exact) mass is 528 g/mol. The lowest BCUT2D eigenvalue weighted by Crippen LogP contribution is -2.56. The molecule has 3 N–H and O–H groups in total. The summed E-state index contributed by atoms with van der Waals surface area (Å²) in [5.41, 5.74) is 1.94. The van der Waals surface area contributed by atoms with Gasteiger partial charge in [0, 0.05) is 23.7 Å². The number of benzene rings is 3. The molecule has 204 valence electrons. The van der Waals surface area contributed by atoms with Gasteiger partial charge in [0.2, 0.25) is 11.8 Å². The number of amides is 2. The highest BCUT2D eigenvalue weighted by Gasteiger charge is 2.56. The van der Waals surface area contributed by atoms with Gasteiger partial charge in [0.25, 0.3) is 0 Å². The van der Waals surface area contributed by atoms with E-state index in [9.17, 15) is 19.5 Å². The fourth-order valence-electron chi connectivity index (χ4n) is 5.73. The summed E-state index contributed by atoms with van der Waals surface area (Å²) in [5, 5.41) is 17.5. The van der Waals surface area contributed by atoms with Crippen molar-refractivity contribution in [2.75, 3.05) is 17.7 Å². The number of hydrogen-bond acceptors (Lipinski definition) is 5. The van der Waals surface area contributed by atoms with Gasteiger partial charge in [-0.15, -0.1) is 0 Å². The topological polar surface area (TPSA) is 105 Å². The Kier molecular flexibility index (Phi) is 8.51. The fourth-order valence-corrected chi connectivity index (χ4v) is 5.73. The highest BCUT2D eigenvalue weighted by Crippen LogP contribution is 2.49. The van der Waals surface area contributed by atoms with Gasteiger partial charge < -0.3 is 20.5 Å². The number of nitrogens with one attached hydrogen (secondary N) is 2. The average molecular weight is 529 g/mol. The molecule has 2 amide bonds. The van der Waals surface area contributed by atoms with Crippen LogP contribution in [0.3, 0.4) is 0 Å². The summed E-state index contributed by atoms with van der Waals surface area (Å²) < 4.78 is 5.61. The molecule has 3 aromatic rings. The molecular weight excluding hydrogens is 492 g/mol. The summed E-state index contributed by atoms with van der Waals surface area (Å²) in [6.07, 6.45) is 1.06. The van der Waals surface area contributed by atoms with Crippen LogP contribution in [0.5, 0.6) is 5.75 Å². The van der Waals surface area contributed by atoms with E-state index in [1.165, 1.54) is 14.0 Å². The van der Waals surface area contributed by atoms with Crippen molar-refractivity contribution < 1.29 is 24.2 Å². The van der Waals surface area contributed by atoms with Crippen LogP contribution in [0.1, 0.15) is 49.8 Å². The van der Waals surface area contributed by atoms with Crippen molar-refractivity contribution in [3.8, 4) is 5.75 Å². The molecule has 4 rings (SSSR count). The van der Waals surface area contributed by atoms with Gasteiger partial charge in [-0.25, -0.2) is 0 Å². The van der Waals surface area contributed by atoms with Crippen LogP contribution < -0.4 is 15.4 Å². The highest BCUT2D eigenvalue weighted by atomic mass is 16.5. The van der Waals surface area contributed by atoms with Crippen LogP contribution in [-0.4, -0.2) is 35.4 Å². The second-order valence-electron chi connectivity index (χ2n) is 10.2. The summed E-state index contributed by atoms with van der Waals surface area (Å²) in [5.74, 6) is -4.28. The SMILES string of the molecule is CCc1ccccc1NC(=O)C1C(=O)CC(C)(O)C(C(=O)Nc2ccccc2CC)C1c1ccccc1OC. The molecule has 0 saturated heterocycles. The number of Topliss-reactive ketones (excluding diaryl/α,β-unsaturated/α-hetero) is 1. The lowest BCUT2D eigenvalue weighted by molar-refractivity contribution is -0.150. The van der Waals surface area contributed by atoms with Crippen molar-refractivity contribution in [2.24, 2.45) is 11.8 Å². The van der Waals surface area contributed by atoms with Crippen LogP contribution in [0.25, 0.3) is 0 Å². The highest BCUT2D eigenvalue weighted by molar-refractivity contribution is 6.10. The Morgan fingerprint density at radius 3 is 1.95 bits per heavy atom. The number of aliphatic hydroxyl groups is 1. The van der Waals surface area contributed by atoms with Crippen LogP contribution in [-0.2, 0) is 27.2 Å². The minimum atomic E-state index is -1.70. The molecule has 4 unspecified atom stereocenters. The number of ketones is 1. The molecule has 39 heavy (non-hydrogen) atoms. The van der Waals surface area contributed by atoms with Gasteiger partial charge >= 0.3 is 0 Å². The minimum absolute atomic E-state index is 0.334. The summed E-state index contributed by atoms with van der Waals surface area (Å²) in [7, 11) is 1.50. The second-order valence-corrected chi connectivity index (χ2v) is 10.2. The molecule has 0 aromatic heterocycles. The van der Waals surface area contributed by atoms with Crippen LogP contribution in [0.4, 0.5) is 11.4 Å². The van der Waals surface area contributed by atoms with E-state index in [1.807, 2.05) is 56.3 Å². The van der Waals surface area contributed by atoms with E-state index in [4.69, 9.17) is 4.74 Å². The Balaban J connectivity index is 1.82. The normalized spacial score (nSPS) is 22.7. The summed E-state index contributed by atoms with van der Waals surface area (Å²) in [6.45, 7) is 5.47. The Morgan fingerprint density at radius 1 is 0.872 bits per heavy atom. The van der Waals surface area contributed by atoms with Gasteiger partial charge in [-0.3, -0.25) is 14.4 Å². The number of anilines is 2. The maximum Gasteiger partial charge on any atom is 0.235 e. The molecule has 1 saturated carbocycles. The smallest absolute Gasteiger partial charge is 0.235 e. The predicted octanol–water partition coefficient (Wildman–Crippen LogP) is 5.14. The van der Waals surface area contributed by atoms with E-state index in [0.29, 0.717) is 35.5 Å². The number of hydrogen-bond donors (Lipinski definition) is 3. The standard InChI is InChI=1S/C32H36N2O5/c1-5-20-13-7-10-16-23(20)33-30(36)28-25(35)19-32(3,38)29(27(28)22-15-9-12-18-26(22)39-4)31(37)34-24-17-11-8-14-21(24)6-2/h7-18,27-29,38H,5-6,19H2,1-4H3,(H,33,36)(H,34,37). The molecule has 4 atom stereocenters. The van der Waals surface area contributed by atoms with Gasteiger partial charge in [0.15, 0.2) is 0 Å². The molecule has 0 radical (unpaired) electrons. The van der Waals surface area contributed by atoms with Crippen molar-refractivity contribution in [1.29, 1.82) is 0 Å². The Labute approximate surface area is 229 Å². The molecule has 3 aromatic carbocycles. The average Bonchev–Trinajstić information content (AvgIpc) is 2.92. The van der Waals surface area contributed by atoms with Crippen molar-refractivity contribution in [1.82, 2.24) is 0 Å². The van der Waals surface area contributed by atoms with Crippen LogP contribution in [0.15, 0.2) is 72.8 Å². The number of rotatable bonds is 8. The molecule has 7 heteroatoms. The van der Waals surface area contributed by atoms with Gasteiger partial charge in [0.1, 0.15) is 17.5 Å². The maximum atomic E-state index is 14.0. The number of carbonyl (C=O) groups is 3. The quantitative estimate of drug-likeness (QED) is 0.351. The van der Waals surface area contributed by atoms with E-state index in [0.717, 1.165) is 11.1 Å². The van der Waals surface area contributed by atoms with Crippen molar-refractivity contribution in [3.63, 3.8) is 0 Å². The summed E-state index contributed by atoms with van der Waals surface area (Å²) >= 11 is 0. The maximum absolute atomic E-state index is 14.0. The van der Waals surface area contributed by atoms with E-state index in [-0.39, 0.29) is 6.42 Å². The van der Waals surface area contributed by atoms with Crippen molar-refractivity contribution in [3.05, 3.63) is 89.5 Å². The first-order chi connectivity index (χ1) is 18.7. The van der Waals surface area contributed by atoms with Gasteiger partial charge in [-0.1, -0.05) is 68.4 Å². The second kappa shape index (κ2) is 11.8. The zero-order valence-corrected chi connectivity index (χ0v) is 22.9. The predicted molar refractivity (Wildman–Crippen MR) is 152 cm³/mol. The number of para-hydroxylation sites is 3. The third-order valence-electron chi connectivity index (χ3n) is 7.64. The molecule has 1 aliphatic carbocycles. The molecule has 0 heterocycles. The van der Waals surface area contributed by atoms with E-state index < -0.39 is 41.0 Å². The zero-order chi connectivity index (χ0) is 28.2. The summed E-state index contributed by atoms with van der Waals surface area (Å²) in [4.78, 5) is 41.5. The Hall–Kier alpha value is -3.97. The summed E-state index contributed by atoms with van der Waals surface area (Å²) in [6, 6.07) is 21.9. The number of carbonyl (C=O) groups excluding carboxylic acids is 3. The molecular formula is C32H36N2O5. The van der Waals surface area contributed by atoms with Crippen molar-refractivity contribution >= 4 is 29.0 Å². The zero-order valence-electron chi connectivity index (χ0n) is 22.9. The van der Waals surface area contributed by atoms with Crippen LogP contribution in [0, 0.1) is 11.8 Å². The number of methoxy groups -OCH3 is 1. The number of ether oxygens (including phenoxy) is 1. The van der Waals surface area contributed by atoms with Crippen LogP contribution in [0.2, 0.25) is 0 Å². The first kappa shape index (κ1) is 28.0. The van der Waals surface area contributed by atoms with E-state index in [1.54, 1.807) is 30.3 Å². The first-order valence-corrected chi connectivity index (χ1v) is 13.4. The molecule has 1 fully saturated rings. The van der Waals surface area contributed by atoms with E-state index in [2.05, 4.69) is 10.6 Å².